The van der Waals surface area contributed by atoms with Crippen LogP contribution in [0, 0.1) is 5.92 Å². The number of carbonyl (C=O) groups excluding carboxylic acids is 1. The Morgan fingerprint density at radius 2 is 2.06 bits per heavy atom. The highest BCUT2D eigenvalue weighted by Gasteiger charge is 2.19. The highest BCUT2D eigenvalue weighted by atomic mass is 35.5. The van der Waals surface area contributed by atoms with Crippen molar-refractivity contribution in [2.75, 3.05) is 19.8 Å². The van der Waals surface area contributed by atoms with E-state index >= 15 is 0 Å². The summed E-state index contributed by atoms with van der Waals surface area (Å²) < 4.78 is 5.17. The van der Waals surface area contributed by atoms with Crippen LogP contribution < -0.4 is 5.32 Å². The van der Waals surface area contributed by atoms with Crippen LogP contribution in [0.15, 0.2) is 0 Å². The molecule has 0 aromatic carbocycles. The number of nitrogens with one attached hydrogen (secondary N) is 1. The normalized spacial score (nSPS) is 25.4. The van der Waals surface area contributed by atoms with Gasteiger partial charge in [0.2, 0.25) is 5.91 Å². The molecule has 0 spiro atoms. The third-order valence-corrected chi connectivity index (χ3v) is 3.38. The number of amides is 1. The first kappa shape index (κ1) is 13.8. The third-order valence-electron chi connectivity index (χ3n) is 2.95. The zero-order valence-corrected chi connectivity index (χ0v) is 10.8. The van der Waals surface area contributed by atoms with Gasteiger partial charge in [0.1, 0.15) is 6.61 Å². The molecule has 0 aromatic rings. The Balaban J connectivity index is 2.03. The first-order valence-electron chi connectivity index (χ1n) is 6.21. The number of ether oxygens (including phenoxy) is 1. The molecule has 0 bridgehead atoms. The summed E-state index contributed by atoms with van der Waals surface area (Å²) in [6.45, 7) is 3.66. The van der Waals surface area contributed by atoms with Gasteiger partial charge in [0.15, 0.2) is 0 Å². The maximum atomic E-state index is 11.4. The van der Waals surface area contributed by atoms with Crippen molar-refractivity contribution in [1.82, 2.24) is 5.32 Å². The molecule has 1 amide bonds. The summed E-state index contributed by atoms with van der Waals surface area (Å²) in [7, 11) is 0. The van der Waals surface area contributed by atoms with Gasteiger partial charge in [0, 0.05) is 18.5 Å². The number of hydrogen-bond acceptors (Lipinski definition) is 2. The van der Waals surface area contributed by atoms with Gasteiger partial charge in [-0.3, -0.25) is 4.79 Å². The monoisotopic (exact) mass is 247 g/mol. The van der Waals surface area contributed by atoms with E-state index in [1.807, 2.05) is 6.92 Å². The molecule has 1 rings (SSSR count). The molecular formula is C12H22ClNO2. The Hall–Kier alpha value is -0.280. The van der Waals surface area contributed by atoms with Crippen LogP contribution in [-0.2, 0) is 9.53 Å². The van der Waals surface area contributed by atoms with Crippen LogP contribution in [0.1, 0.15) is 39.0 Å². The van der Waals surface area contributed by atoms with Crippen LogP contribution in [0.25, 0.3) is 0 Å². The first-order chi connectivity index (χ1) is 7.72. The maximum absolute atomic E-state index is 11.4. The van der Waals surface area contributed by atoms with Crippen molar-refractivity contribution in [1.29, 1.82) is 0 Å². The van der Waals surface area contributed by atoms with Crippen molar-refractivity contribution in [2.24, 2.45) is 5.92 Å². The van der Waals surface area contributed by atoms with Gasteiger partial charge < -0.3 is 10.1 Å². The van der Waals surface area contributed by atoms with E-state index in [0.29, 0.717) is 17.9 Å². The first-order valence-corrected chi connectivity index (χ1v) is 6.64. The smallest absolute Gasteiger partial charge is 0.246 e. The fourth-order valence-electron chi connectivity index (χ4n) is 1.94. The second-order valence-electron chi connectivity index (χ2n) is 4.47. The zero-order chi connectivity index (χ0) is 11.8. The van der Waals surface area contributed by atoms with Crippen LogP contribution in [0.3, 0.4) is 0 Å². The highest BCUT2D eigenvalue weighted by Crippen LogP contribution is 2.26. The van der Waals surface area contributed by atoms with Crippen LogP contribution in [0.4, 0.5) is 0 Å². The van der Waals surface area contributed by atoms with Crippen LogP contribution in [0.2, 0.25) is 0 Å². The van der Waals surface area contributed by atoms with E-state index in [9.17, 15) is 4.79 Å². The van der Waals surface area contributed by atoms with Gasteiger partial charge in [0.25, 0.3) is 0 Å². The largest absolute Gasteiger partial charge is 0.372 e. The third kappa shape index (κ3) is 5.71. The molecule has 4 heteroatoms. The predicted molar refractivity (Wildman–Crippen MR) is 65.7 cm³/mol. The number of halogens is 1. The lowest BCUT2D eigenvalue weighted by Crippen LogP contribution is -2.33. The molecule has 1 N–H and O–H groups in total. The summed E-state index contributed by atoms with van der Waals surface area (Å²) in [4.78, 5) is 11.4. The Morgan fingerprint density at radius 3 is 2.69 bits per heavy atom. The summed E-state index contributed by atoms with van der Waals surface area (Å²) in [5, 5.41) is 3.27. The van der Waals surface area contributed by atoms with E-state index < -0.39 is 0 Å². The molecule has 0 heterocycles. The molecule has 0 unspecified atom stereocenters. The van der Waals surface area contributed by atoms with Gasteiger partial charge in [-0.25, -0.2) is 0 Å². The predicted octanol–water partition coefficient (Wildman–Crippen LogP) is 2.33. The van der Waals surface area contributed by atoms with Crippen molar-refractivity contribution in [3.8, 4) is 0 Å². The van der Waals surface area contributed by atoms with Crippen molar-refractivity contribution >= 4 is 17.5 Å². The molecule has 1 fully saturated rings. The van der Waals surface area contributed by atoms with Crippen molar-refractivity contribution in [3.05, 3.63) is 0 Å². The minimum absolute atomic E-state index is 0.00134. The number of carbonyl (C=O) groups is 1. The molecule has 94 valence electrons. The van der Waals surface area contributed by atoms with E-state index in [-0.39, 0.29) is 12.5 Å². The standard InChI is InChI=1S/C12H22ClNO2/c1-2-7-16-9-12(15)14-8-10-3-5-11(13)6-4-10/h10-11H,2-9H2,1H3,(H,14,15). The summed E-state index contributed by atoms with van der Waals surface area (Å²) in [5.74, 6) is 0.603. The van der Waals surface area contributed by atoms with E-state index in [1.54, 1.807) is 0 Å². The van der Waals surface area contributed by atoms with Crippen molar-refractivity contribution < 1.29 is 9.53 Å². The van der Waals surface area contributed by atoms with Crippen LogP contribution in [-0.4, -0.2) is 31.0 Å². The highest BCUT2D eigenvalue weighted by molar-refractivity contribution is 6.20. The second-order valence-corrected chi connectivity index (χ2v) is 5.09. The van der Waals surface area contributed by atoms with E-state index in [0.717, 1.165) is 38.6 Å². The maximum Gasteiger partial charge on any atom is 0.246 e. The molecule has 16 heavy (non-hydrogen) atoms. The molecule has 1 aliphatic rings. The molecule has 1 aliphatic carbocycles. The molecule has 3 nitrogen and oxygen atoms in total. The Bertz CT molecular complexity index is 203. The van der Waals surface area contributed by atoms with Gasteiger partial charge >= 0.3 is 0 Å². The Kier molecular flexibility index (Phi) is 6.81. The fourth-order valence-corrected chi connectivity index (χ4v) is 2.20. The van der Waals surface area contributed by atoms with Gasteiger partial charge in [-0.2, -0.15) is 0 Å². The minimum atomic E-state index is 0.00134. The average molecular weight is 248 g/mol. The summed E-state index contributed by atoms with van der Waals surface area (Å²) in [5.41, 5.74) is 0. The van der Waals surface area contributed by atoms with E-state index in [1.165, 1.54) is 0 Å². The van der Waals surface area contributed by atoms with Gasteiger partial charge in [-0.15, -0.1) is 11.6 Å². The molecule has 0 radical (unpaired) electrons. The van der Waals surface area contributed by atoms with Crippen molar-refractivity contribution in [3.63, 3.8) is 0 Å². The second kappa shape index (κ2) is 7.91. The van der Waals surface area contributed by atoms with Crippen LogP contribution >= 0.6 is 11.6 Å². The molecule has 0 aromatic heterocycles. The zero-order valence-electron chi connectivity index (χ0n) is 10.0. The Morgan fingerprint density at radius 1 is 1.38 bits per heavy atom. The number of rotatable bonds is 6. The topological polar surface area (TPSA) is 38.3 Å². The van der Waals surface area contributed by atoms with E-state index in [4.69, 9.17) is 16.3 Å². The lowest BCUT2D eigenvalue weighted by Gasteiger charge is -2.24. The lowest BCUT2D eigenvalue weighted by molar-refractivity contribution is -0.125. The molecule has 0 aliphatic heterocycles. The molecule has 0 saturated heterocycles. The molecule has 1 saturated carbocycles. The summed E-state index contributed by atoms with van der Waals surface area (Å²) in [6.07, 6.45) is 5.37. The van der Waals surface area contributed by atoms with E-state index in [2.05, 4.69) is 5.32 Å². The fraction of sp³-hybridized carbons (Fsp3) is 0.917. The Labute approximate surface area is 103 Å². The van der Waals surface area contributed by atoms with Crippen molar-refractivity contribution in [2.45, 2.75) is 44.4 Å². The number of alkyl halides is 1. The quantitative estimate of drug-likeness (QED) is 0.578. The van der Waals surface area contributed by atoms with Gasteiger partial charge in [-0.05, 0) is 38.0 Å². The SMILES string of the molecule is CCCOCC(=O)NCC1CCC(Cl)CC1. The summed E-state index contributed by atoms with van der Waals surface area (Å²) in [6, 6.07) is 0. The number of hydrogen-bond donors (Lipinski definition) is 1. The average Bonchev–Trinajstić information content (AvgIpc) is 2.29. The van der Waals surface area contributed by atoms with Crippen LogP contribution in [0.5, 0.6) is 0 Å². The minimum Gasteiger partial charge on any atom is -0.372 e. The van der Waals surface area contributed by atoms with Gasteiger partial charge in [-0.1, -0.05) is 6.92 Å². The van der Waals surface area contributed by atoms with Gasteiger partial charge in [0.05, 0.1) is 0 Å². The molecule has 0 atom stereocenters. The molecular weight excluding hydrogens is 226 g/mol. The lowest BCUT2D eigenvalue weighted by atomic mass is 9.89. The summed E-state index contributed by atoms with van der Waals surface area (Å²) >= 11 is 6.02.